The van der Waals surface area contributed by atoms with Crippen LogP contribution in [0.2, 0.25) is 0 Å². The number of hydrogen-bond acceptors (Lipinski definition) is 1. The molecule has 1 heteroatoms. The van der Waals surface area contributed by atoms with Crippen molar-refractivity contribution in [3.8, 4) is 0 Å². The summed E-state index contributed by atoms with van der Waals surface area (Å²) in [4.78, 5) is 0. The second-order valence-corrected chi connectivity index (χ2v) is 2.82. The highest BCUT2D eigenvalue weighted by atomic mass is 16.3. The van der Waals surface area contributed by atoms with Crippen LogP contribution in [0.1, 0.15) is 32.6 Å². The second kappa shape index (κ2) is 3.02. The molecule has 0 aromatic carbocycles. The maximum Gasteiger partial charge on any atom is 0.0546 e. The summed E-state index contributed by atoms with van der Waals surface area (Å²) in [5.41, 5.74) is 1.44. The monoisotopic (exact) mass is 126 g/mol. The van der Waals surface area contributed by atoms with Crippen LogP contribution in [0.15, 0.2) is 11.6 Å². The Labute approximate surface area is 56.4 Å². The van der Waals surface area contributed by atoms with E-state index in [9.17, 15) is 5.11 Å². The van der Waals surface area contributed by atoms with Crippen LogP contribution in [0.5, 0.6) is 0 Å². The Balaban J connectivity index is 2.39. The van der Waals surface area contributed by atoms with Gasteiger partial charge < -0.3 is 5.11 Å². The lowest BCUT2D eigenvalue weighted by molar-refractivity contribution is 0.158. The standard InChI is InChI=1S/C8H14O/c1-7-3-2-4-8(9)6-5-7/h3,8-9H,2,4-6H2,1H3. The lowest BCUT2D eigenvalue weighted by Gasteiger charge is -2.03. The van der Waals surface area contributed by atoms with Crippen molar-refractivity contribution in [2.45, 2.75) is 38.7 Å². The molecule has 0 aliphatic heterocycles. The summed E-state index contributed by atoms with van der Waals surface area (Å²) < 4.78 is 0. The molecule has 1 N–H and O–H groups in total. The molecule has 0 heterocycles. The predicted molar refractivity (Wildman–Crippen MR) is 38.2 cm³/mol. The van der Waals surface area contributed by atoms with Gasteiger partial charge in [-0.25, -0.2) is 0 Å². The highest BCUT2D eigenvalue weighted by Gasteiger charge is 2.06. The lowest BCUT2D eigenvalue weighted by atomic mass is 10.1. The third-order valence-electron chi connectivity index (χ3n) is 1.86. The second-order valence-electron chi connectivity index (χ2n) is 2.82. The lowest BCUT2D eigenvalue weighted by Crippen LogP contribution is -2.02. The third kappa shape index (κ3) is 2.19. The summed E-state index contributed by atoms with van der Waals surface area (Å²) in [5, 5.41) is 9.17. The molecule has 0 aromatic heterocycles. The molecule has 9 heavy (non-hydrogen) atoms. The molecule has 0 spiro atoms. The number of aliphatic hydroxyl groups is 1. The fraction of sp³-hybridized carbons (Fsp3) is 0.750. The van der Waals surface area contributed by atoms with Crippen LogP contribution in [-0.4, -0.2) is 11.2 Å². The Kier molecular flexibility index (Phi) is 2.29. The topological polar surface area (TPSA) is 20.2 Å². The smallest absolute Gasteiger partial charge is 0.0546 e. The van der Waals surface area contributed by atoms with Gasteiger partial charge >= 0.3 is 0 Å². The first-order valence-electron chi connectivity index (χ1n) is 3.63. The van der Waals surface area contributed by atoms with Crippen LogP contribution in [0.25, 0.3) is 0 Å². The Morgan fingerprint density at radius 1 is 1.56 bits per heavy atom. The molecule has 0 bridgehead atoms. The minimum Gasteiger partial charge on any atom is -0.393 e. The van der Waals surface area contributed by atoms with Crippen LogP contribution in [0.4, 0.5) is 0 Å². The Morgan fingerprint density at radius 2 is 2.33 bits per heavy atom. The van der Waals surface area contributed by atoms with Crippen LogP contribution in [0, 0.1) is 0 Å². The van der Waals surface area contributed by atoms with Gasteiger partial charge in [0, 0.05) is 0 Å². The summed E-state index contributed by atoms with van der Waals surface area (Å²) in [6, 6.07) is 0. The molecule has 0 amide bonds. The fourth-order valence-corrected chi connectivity index (χ4v) is 1.16. The zero-order valence-electron chi connectivity index (χ0n) is 5.93. The average molecular weight is 126 g/mol. The first-order chi connectivity index (χ1) is 4.29. The molecule has 1 atom stereocenters. The van der Waals surface area contributed by atoms with Crippen LogP contribution < -0.4 is 0 Å². The average Bonchev–Trinajstić information content (AvgIpc) is 1.97. The van der Waals surface area contributed by atoms with Gasteiger partial charge in [-0.3, -0.25) is 0 Å². The predicted octanol–water partition coefficient (Wildman–Crippen LogP) is 1.87. The summed E-state index contributed by atoms with van der Waals surface area (Å²) in [7, 11) is 0. The van der Waals surface area contributed by atoms with Gasteiger partial charge in [0.1, 0.15) is 0 Å². The molecule has 1 rings (SSSR count). The van der Waals surface area contributed by atoms with Gasteiger partial charge in [-0.1, -0.05) is 11.6 Å². The van der Waals surface area contributed by atoms with Crippen molar-refractivity contribution in [2.24, 2.45) is 0 Å². The SMILES string of the molecule is CC1=CCCC(O)CC1. The first-order valence-corrected chi connectivity index (χ1v) is 3.63. The summed E-state index contributed by atoms with van der Waals surface area (Å²) in [6.07, 6.45) is 6.25. The number of allylic oxidation sites excluding steroid dienone is 2. The molecule has 1 nitrogen and oxygen atoms in total. The van der Waals surface area contributed by atoms with E-state index in [0.717, 1.165) is 25.7 Å². The van der Waals surface area contributed by atoms with Crippen LogP contribution in [0.3, 0.4) is 0 Å². The van der Waals surface area contributed by atoms with Crippen molar-refractivity contribution >= 4 is 0 Å². The zero-order valence-corrected chi connectivity index (χ0v) is 5.93. The van der Waals surface area contributed by atoms with Crippen molar-refractivity contribution < 1.29 is 5.11 Å². The van der Waals surface area contributed by atoms with E-state index in [4.69, 9.17) is 0 Å². The molecule has 0 fully saturated rings. The summed E-state index contributed by atoms with van der Waals surface area (Å²) >= 11 is 0. The molecule has 52 valence electrons. The molecule has 0 saturated carbocycles. The molecular weight excluding hydrogens is 112 g/mol. The van der Waals surface area contributed by atoms with E-state index in [1.165, 1.54) is 5.57 Å². The molecule has 1 aliphatic carbocycles. The maximum absolute atomic E-state index is 9.17. The van der Waals surface area contributed by atoms with Crippen molar-refractivity contribution in [2.75, 3.05) is 0 Å². The highest BCUT2D eigenvalue weighted by molar-refractivity contribution is 5.00. The van der Waals surface area contributed by atoms with Crippen molar-refractivity contribution in [1.29, 1.82) is 0 Å². The van der Waals surface area contributed by atoms with E-state index in [2.05, 4.69) is 13.0 Å². The Hall–Kier alpha value is -0.300. The van der Waals surface area contributed by atoms with E-state index in [0.29, 0.717) is 0 Å². The van der Waals surface area contributed by atoms with E-state index in [-0.39, 0.29) is 6.10 Å². The molecule has 1 unspecified atom stereocenters. The largest absolute Gasteiger partial charge is 0.393 e. The number of hydrogen-bond donors (Lipinski definition) is 1. The van der Waals surface area contributed by atoms with Crippen LogP contribution >= 0.6 is 0 Å². The third-order valence-corrected chi connectivity index (χ3v) is 1.86. The molecular formula is C8H14O. The van der Waals surface area contributed by atoms with Gasteiger partial charge in [-0.15, -0.1) is 0 Å². The van der Waals surface area contributed by atoms with Crippen molar-refractivity contribution in [3.05, 3.63) is 11.6 Å². The number of rotatable bonds is 0. The Morgan fingerprint density at radius 3 is 3.11 bits per heavy atom. The van der Waals surface area contributed by atoms with E-state index in [1.807, 2.05) is 0 Å². The van der Waals surface area contributed by atoms with Crippen molar-refractivity contribution in [3.63, 3.8) is 0 Å². The van der Waals surface area contributed by atoms with Gasteiger partial charge in [-0.2, -0.15) is 0 Å². The van der Waals surface area contributed by atoms with Gasteiger partial charge in [0.05, 0.1) is 6.10 Å². The van der Waals surface area contributed by atoms with Gasteiger partial charge in [0.2, 0.25) is 0 Å². The van der Waals surface area contributed by atoms with Crippen molar-refractivity contribution in [1.82, 2.24) is 0 Å². The van der Waals surface area contributed by atoms with Gasteiger partial charge in [0.25, 0.3) is 0 Å². The molecule has 0 saturated heterocycles. The minimum absolute atomic E-state index is 0.0429. The quantitative estimate of drug-likeness (QED) is 0.491. The number of aliphatic hydroxyl groups excluding tert-OH is 1. The fourth-order valence-electron chi connectivity index (χ4n) is 1.16. The maximum atomic E-state index is 9.17. The zero-order chi connectivity index (χ0) is 6.69. The summed E-state index contributed by atoms with van der Waals surface area (Å²) in [6.45, 7) is 2.14. The van der Waals surface area contributed by atoms with Gasteiger partial charge in [-0.05, 0) is 32.6 Å². The first kappa shape index (κ1) is 6.81. The highest BCUT2D eigenvalue weighted by Crippen LogP contribution is 2.16. The van der Waals surface area contributed by atoms with Crippen LogP contribution in [-0.2, 0) is 0 Å². The van der Waals surface area contributed by atoms with E-state index in [1.54, 1.807) is 0 Å². The Bertz CT molecular complexity index is 116. The minimum atomic E-state index is -0.0429. The van der Waals surface area contributed by atoms with E-state index < -0.39 is 0 Å². The molecule has 0 aromatic rings. The molecule has 0 radical (unpaired) electrons. The normalized spacial score (nSPS) is 29.1. The van der Waals surface area contributed by atoms with Gasteiger partial charge in [0.15, 0.2) is 0 Å². The van der Waals surface area contributed by atoms with E-state index >= 15 is 0 Å². The summed E-state index contributed by atoms with van der Waals surface area (Å²) in [5.74, 6) is 0. The molecule has 1 aliphatic rings.